The lowest BCUT2D eigenvalue weighted by molar-refractivity contribution is -0.141. The number of nitrogens with zero attached hydrogens (tertiary/aromatic N) is 1. The van der Waals surface area contributed by atoms with Crippen LogP contribution in [0.25, 0.3) is 21.8 Å². The van der Waals surface area contributed by atoms with Gasteiger partial charge in [0.1, 0.15) is 5.69 Å². The molecule has 92 valence electrons. The van der Waals surface area contributed by atoms with Crippen molar-refractivity contribution in [2.45, 2.75) is 6.18 Å². The molecule has 0 amide bonds. The number of aromatic nitrogens is 2. The van der Waals surface area contributed by atoms with Crippen molar-refractivity contribution in [3.8, 4) is 0 Å². The van der Waals surface area contributed by atoms with Crippen LogP contribution in [0.2, 0.25) is 0 Å². The molecule has 2 aromatic heterocycles. The highest BCUT2D eigenvalue weighted by Crippen LogP contribution is 2.32. The maximum Gasteiger partial charge on any atom is 0.433 e. The highest BCUT2D eigenvalue weighted by atomic mass is 79.9. The maximum absolute atomic E-state index is 12.6. The van der Waals surface area contributed by atoms with E-state index in [0.717, 1.165) is 21.4 Å². The lowest BCUT2D eigenvalue weighted by atomic mass is 10.2. The number of H-pyrrole nitrogens is 1. The minimum Gasteiger partial charge on any atom is -0.354 e. The fraction of sp³-hybridized carbons (Fsp3) is 0.0833. The molecule has 0 unspecified atom stereocenters. The summed E-state index contributed by atoms with van der Waals surface area (Å²) < 4.78 is 38.5. The van der Waals surface area contributed by atoms with Crippen molar-refractivity contribution < 1.29 is 13.2 Å². The minimum atomic E-state index is -4.42. The topological polar surface area (TPSA) is 28.7 Å². The van der Waals surface area contributed by atoms with Gasteiger partial charge in [0.15, 0.2) is 0 Å². The molecule has 0 saturated carbocycles. The second kappa shape index (κ2) is 3.71. The van der Waals surface area contributed by atoms with Crippen LogP contribution in [0, 0.1) is 0 Å². The summed E-state index contributed by atoms with van der Waals surface area (Å²) in [5, 5.41) is 1.54. The summed E-state index contributed by atoms with van der Waals surface area (Å²) in [5.74, 6) is 0. The van der Waals surface area contributed by atoms with E-state index in [2.05, 4.69) is 25.9 Å². The molecule has 0 bridgehead atoms. The first kappa shape index (κ1) is 11.5. The molecule has 0 aliphatic rings. The molecule has 3 rings (SSSR count). The molecular formula is C12H6BrF3N2. The van der Waals surface area contributed by atoms with E-state index in [0.29, 0.717) is 10.9 Å². The summed E-state index contributed by atoms with van der Waals surface area (Å²) in [5.41, 5.74) is 0.326. The lowest BCUT2D eigenvalue weighted by Crippen LogP contribution is -2.07. The van der Waals surface area contributed by atoms with Gasteiger partial charge >= 0.3 is 6.18 Å². The van der Waals surface area contributed by atoms with E-state index in [1.165, 1.54) is 6.20 Å². The molecule has 3 aromatic rings. The van der Waals surface area contributed by atoms with Crippen molar-refractivity contribution in [1.82, 2.24) is 9.97 Å². The van der Waals surface area contributed by atoms with Gasteiger partial charge in [-0.05, 0) is 18.2 Å². The number of aromatic amines is 1. The van der Waals surface area contributed by atoms with Crippen LogP contribution in [0.15, 0.2) is 34.9 Å². The predicted octanol–water partition coefficient (Wildman–Crippen LogP) is 4.50. The van der Waals surface area contributed by atoms with E-state index in [9.17, 15) is 13.2 Å². The number of fused-ring (bicyclic) bond motifs is 3. The number of hydrogen-bond donors (Lipinski definition) is 1. The minimum absolute atomic E-state index is 0.436. The van der Waals surface area contributed by atoms with Crippen LogP contribution in [-0.2, 0) is 6.18 Å². The Morgan fingerprint density at radius 3 is 2.50 bits per heavy atom. The molecule has 2 nitrogen and oxygen atoms in total. The van der Waals surface area contributed by atoms with Crippen molar-refractivity contribution in [1.29, 1.82) is 0 Å². The lowest BCUT2D eigenvalue weighted by Gasteiger charge is -2.04. The Labute approximate surface area is 108 Å². The van der Waals surface area contributed by atoms with Gasteiger partial charge in [-0.2, -0.15) is 13.2 Å². The van der Waals surface area contributed by atoms with Crippen LogP contribution in [-0.4, -0.2) is 9.97 Å². The number of hydrogen-bond acceptors (Lipinski definition) is 1. The highest BCUT2D eigenvalue weighted by molar-refractivity contribution is 9.10. The van der Waals surface area contributed by atoms with E-state index >= 15 is 0 Å². The molecule has 0 aliphatic heterocycles. The van der Waals surface area contributed by atoms with Crippen molar-refractivity contribution in [3.05, 3.63) is 40.6 Å². The Morgan fingerprint density at radius 1 is 1.06 bits per heavy atom. The Hall–Kier alpha value is -1.56. The molecule has 0 saturated heterocycles. The Morgan fingerprint density at radius 2 is 1.78 bits per heavy atom. The quantitative estimate of drug-likeness (QED) is 0.650. The predicted molar refractivity (Wildman–Crippen MR) is 66.3 cm³/mol. The third-order valence-electron chi connectivity index (χ3n) is 2.74. The second-order valence-corrected chi connectivity index (χ2v) is 4.84. The Bertz CT molecular complexity index is 746. The monoisotopic (exact) mass is 314 g/mol. The van der Waals surface area contributed by atoms with Crippen molar-refractivity contribution in [2.24, 2.45) is 0 Å². The molecule has 0 spiro atoms. The smallest absolute Gasteiger partial charge is 0.354 e. The standard InChI is InChI=1S/C12H6BrF3N2/c13-6-1-2-7-8-5-17-11(12(14,15)16)4-10(8)18-9(7)3-6/h1-5,18H. The zero-order valence-corrected chi connectivity index (χ0v) is 10.4. The first-order chi connectivity index (χ1) is 8.45. The van der Waals surface area contributed by atoms with Gasteiger partial charge in [-0.3, -0.25) is 4.98 Å². The van der Waals surface area contributed by atoms with Gasteiger partial charge in [0, 0.05) is 27.0 Å². The molecule has 0 radical (unpaired) electrons. The molecule has 0 atom stereocenters. The number of pyridine rings is 1. The zero-order valence-electron chi connectivity index (χ0n) is 8.85. The van der Waals surface area contributed by atoms with Gasteiger partial charge in [-0.15, -0.1) is 0 Å². The summed E-state index contributed by atoms with van der Waals surface area (Å²) in [7, 11) is 0. The average molecular weight is 315 g/mol. The van der Waals surface area contributed by atoms with Gasteiger partial charge in [0.2, 0.25) is 0 Å². The molecule has 18 heavy (non-hydrogen) atoms. The summed E-state index contributed by atoms with van der Waals surface area (Å²) in [6, 6.07) is 6.53. The highest BCUT2D eigenvalue weighted by Gasteiger charge is 2.32. The van der Waals surface area contributed by atoms with Gasteiger partial charge in [-0.25, -0.2) is 0 Å². The second-order valence-electron chi connectivity index (χ2n) is 3.93. The Balaban J connectivity index is 2.33. The molecule has 1 N–H and O–H groups in total. The van der Waals surface area contributed by atoms with Crippen LogP contribution in [0.5, 0.6) is 0 Å². The average Bonchev–Trinajstić information content (AvgIpc) is 2.63. The third-order valence-corrected chi connectivity index (χ3v) is 3.23. The molecular weight excluding hydrogens is 309 g/mol. The fourth-order valence-electron chi connectivity index (χ4n) is 1.93. The van der Waals surface area contributed by atoms with E-state index in [-0.39, 0.29) is 0 Å². The Kier molecular flexibility index (Phi) is 2.38. The molecule has 2 heterocycles. The first-order valence-electron chi connectivity index (χ1n) is 5.09. The number of alkyl halides is 3. The summed E-state index contributed by atoms with van der Waals surface area (Å²) >= 11 is 3.32. The zero-order chi connectivity index (χ0) is 12.9. The van der Waals surface area contributed by atoms with E-state index in [1.54, 1.807) is 0 Å². The summed E-state index contributed by atoms with van der Waals surface area (Å²) in [6.07, 6.45) is -3.17. The van der Waals surface area contributed by atoms with Gasteiger partial charge in [-0.1, -0.05) is 22.0 Å². The van der Waals surface area contributed by atoms with Crippen molar-refractivity contribution in [3.63, 3.8) is 0 Å². The maximum atomic E-state index is 12.6. The van der Waals surface area contributed by atoms with Crippen LogP contribution < -0.4 is 0 Å². The summed E-state index contributed by atoms with van der Waals surface area (Å²) in [4.78, 5) is 6.43. The van der Waals surface area contributed by atoms with Crippen LogP contribution in [0.1, 0.15) is 5.69 Å². The van der Waals surface area contributed by atoms with Gasteiger partial charge in [0.25, 0.3) is 0 Å². The molecule has 0 aliphatic carbocycles. The molecule has 6 heteroatoms. The van der Waals surface area contributed by atoms with Crippen LogP contribution in [0.3, 0.4) is 0 Å². The molecule has 0 fully saturated rings. The summed E-state index contributed by atoms with van der Waals surface area (Å²) in [6.45, 7) is 0. The van der Waals surface area contributed by atoms with E-state index in [4.69, 9.17) is 0 Å². The van der Waals surface area contributed by atoms with Crippen LogP contribution >= 0.6 is 15.9 Å². The number of rotatable bonds is 0. The van der Waals surface area contributed by atoms with E-state index in [1.807, 2.05) is 18.2 Å². The SMILES string of the molecule is FC(F)(F)c1cc2[nH]c3cc(Br)ccc3c2cn1. The normalized spacial score (nSPS) is 12.4. The number of halogens is 4. The third kappa shape index (κ3) is 1.77. The van der Waals surface area contributed by atoms with Crippen molar-refractivity contribution >= 4 is 37.7 Å². The van der Waals surface area contributed by atoms with Gasteiger partial charge in [0.05, 0.1) is 5.52 Å². The molecule has 1 aromatic carbocycles. The van der Waals surface area contributed by atoms with Crippen molar-refractivity contribution in [2.75, 3.05) is 0 Å². The fourth-order valence-corrected chi connectivity index (χ4v) is 2.29. The number of nitrogens with one attached hydrogen (secondary N) is 1. The van der Waals surface area contributed by atoms with E-state index < -0.39 is 11.9 Å². The van der Waals surface area contributed by atoms with Crippen LogP contribution in [0.4, 0.5) is 13.2 Å². The first-order valence-corrected chi connectivity index (χ1v) is 5.88. The van der Waals surface area contributed by atoms with Gasteiger partial charge < -0.3 is 4.98 Å². The number of benzene rings is 1. The largest absolute Gasteiger partial charge is 0.433 e.